The van der Waals surface area contributed by atoms with Gasteiger partial charge in [-0.1, -0.05) is 12.0 Å². The first-order valence-electron chi connectivity index (χ1n) is 6.49. The minimum atomic E-state index is -0.544. The molecule has 0 unspecified atom stereocenters. The number of terminal acetylenes is 1. The van der Waals surface area contributed by atoms with Crippen LogP contribution < -0.4 is 0 Å². The molecule has 0 aliphatic heterocycles. The van der Waals surface area contributed by atoms with Crippen molar-refractivity contribution in [2.45, 2.75) is 39.8 Å². The van der Waals surface area contributed by atoms with Crippen LogP contribution in [0.3, 0.4) is 0 Å². The maximum Gasteiger partial charge on any atom is 0.410 e. The van der Waals surface area contributed by atoms with Crippen molar-refractivity contribution in [1.29, 1.82) is 0 Å². The van der Waals surface area contributed by atoms with Crippen LogP contribution in [0, 0.1) is 18.2 Å². The number of amides is 1. The van der Waals surface area contributed by atoms with E-state index in [2.05, 4.69) is 5.92 Å². The lowest BCUT2D eigenvalue weighted by molar-refractivity contribution is 0.0244. The van der Waals surface area contributed by atoms with Crippen molar-refractivity contribution in [2.24, 2.45) is 0 Å². The summed E-state index contributed by atoms with van der Waals surface area (Å²) in [5, 5.41) is 0. The predicted molar refractivity (Wildman–Crippen MR) is 76.7 cm³/mol. The van der Waals surface area contributed by atoms with Gasteiger partial charge in [0.25, 0.3) is 0 Å². The topological polar surface area (TPSA) is 29.5 Å². The minimum absolute atomic E-state index is 0.197. The van der Waals surface area contributed by atoms with E-state index in [0.717, 1.165) is 5.56 Å². The van der Waals surface area contributed by atoms with Crippen LogP contribution in [-0.4, -0.2) is 23.1 Å². The molecule has 20 heavy (non-hydrogen) atoms. The molecular formula is C16H20FNO2. The predicted octanol–water partition coefficient (Wildman–Crippen LogP) is 3.56. The number of nitrogens with zero attached hydrogens (tertiary/aromatic N) is 1. The van der Waals surface area contributed by atoms with Crippen LogP contribution >= 0.6 is 0 Å². The highest BCUT2D eigenvalue weighted by Crippen LogP contribution is 2.15. The summed E-state index contributed by atoms with van der Waals surface area (Å²) in [6.07, 6.45) is 4.83. The monoisotopic (exact) mass is 277 g/mol. The summed E-state index contributed by atoms with van der Waals surface area (Å²) in [4.78, 5) is 13.5. The zero-order valence-corrected chi connectivity index (χ0v) is 12.4. The maximum atomic E-state index is 13.3. The van der Waals surface area contributed by atoms with Crippen molar-refractivity contribution in [3.63, 3.8) is 0 Å². The highest BCUT2D eigenvalue weighted by atomic mass is 19.1. The minimum Gasteiger partial charge on any atom is -0.444 e. The summed E-state index contributed by atoms with van der Waals surface area (Å²) in [5.74, 6) is 1.85. The first-order valence-corrected chi connectivity index (χ1v) is 6.49. The van der Waals surface area contributed by atoms with Crippen LogP contribution in [0.25, 0.3) is 0 Å². The van der Waals surface area contributed by atoms with E-state index in [1.165, 1.54) is 6.07 Å². The summed E-state index contributed by atoms with van der Waals surface area (Å²) in [7, 11) is 0. The van der Waals surface area contributed by atoms with Crippen molar-refractivity contribution in [3.8, 4) is 12.3 Å². The smallest absolute Gasteiger partial charge is 0.410 e. The Labute approximate surface area is 119 Å². The first-order chi connectivity index (χ1) is 9.26. The molecule has 0 spiro atoms. The lowest BCUT2D eigenvalue weighted by atomic mass is 10.1. The maximum absolute atomic E-state index is 13.3. The molecule has 0 aromatic heterocycles. The van der Waals surface area contributed by atoms with E-state index in [-0.39, 0.29) is 5.56 Å². The average molecular weight is 277 g/mol. The fourth-order valence-electron chi connectivity index (χ4n) is 1.63. The van der Waals surface area contributed by atoms with Crippen LogP contribution in [0.2, 0.25) is 0 Å². The van der Waals surface area contributed by atoms with E-state index in [9.17, 15) is 9.18 Å². The molecule has 0 fully saturated rings. The highest BCUT2D eigenvalue weighted by Gasteiger charge is 2.21. The molecule has 0 N–H and O–H groups in total. The Morgan fingerprint density at radius 3 is 2.60 bits per heavy atom. The summed E-state index contributed by atoms with van der Waals surface area (Å²) in [5.41, 5.74) is 0.423. The van der Waals surface area contributed by atoms with Gasteiger partial charge >= 0.3 is 6.09 Å². The van der Waals surface area contributed by atoms with Gasteiger partial charge in [0.15, 0.2) is 0 Å². The molecule has 0 atom stereocenters. The largest absolute Gasteiger partial charge is 0.444 e. The van der Waals surface area contributed by atoms with Gasteiger partial charge in [-0.05, 0) is 45.4 Å². The average Bonchev–Trinajstić information content (AvgIpc) is 2.35. The summed E-state index contributed by atoms with van der Waals surface area (Å²) >= 11 is 0. The highest BCUT2D eigenvalue weighted by molar-refractivity contribution is 5.68. The molecule has 0 saturated heterocycles. The number of hydrogen-bond donors (Lipinski definition) is 0. The van der Waals surface area contributed by atoms with Crippen molar-refractivity contribution in [1.82, 2.24) is 4.90 Å². The lowest BCUT2D eigenvalue weighted by Gasteiger charge is -2.26. The second-order valence-electron chi connectivity index (χ2n) is 5.45. The van der Waals surface area contributed by atoms with Crippen LogP contribution in [0.15, 0.2) is 18.2 Å². The first kappa shape index (κ1) is 16.0. The molecule has 1 aromatic carbocycles. The van der Waals surface area contributed by atoms with Gasteiger partial charge in [-0.25, -0.2) is 9.18 Å². The SMILES string of the molecule is C#Cc1cc(CN(CC)C(=O)OC(C)(C)C)ccc1F. The Kier molecular flexibility index (Phi) is 5.15. The Hall–Kier alpha value is -2.02. The molecule has 0 bridgehead atoms. The van der Waals surface area contributed by atoms with E-state index in [1.54, 1.807) is 17.0 Å². The van der Waals surface area contributed by atoms with Gasteiger partial charge in [-0.2, -0.15) is 0 Å². The van der Waals surface area contributed by atoms with E-state index in [1.807, 2.05) is 27.7 Å². The quantitative estimate of drug-likeness (QED) is 0.791. The molecule has 0 aliphatic rings. The van der Waals surface area contributed by atoms with Crippen LogP contribution in [0.4, 0.5) is 9.18 Å². The van der Waals surface area contributed by atoms with Gasteiger partial charge < -0.3 is 9.64 Å². The van der Waals surface area contributed by atoms with Gasteiger partial charge in [0.1, 0.15) is 11.4 Å². The third-order valence-electron chi connectivity index (χ3n) is 2.59. The summed E-state index contributed by atoms with van der Waals surface area (Å²) < 4.78 is 18.6. The molecule has 108 valence electrons. The zero-order valence-electron chi connectivity index (χ0n) is 12.4. The van der Waals surface area contributed by atoms with Crippen molar-refractivity contribution in [2.75, 3.05) is 6.54 Å². The molecule has 0 saturated carbocycles. The third-order valence-corrected chi connectivity index (χ3v) is 2.59. The Morgan fingerprint density at radius 2 is 2.10 bits per heavy atom. The van der Waals surface area contributed by atoms with Crippen molar-refractivity contribution in [3.05, 3.63) is 35.1 Å². The fourth-order valence-corrected chi connectivity index (χ4v) is 1.63. The van der Waals surface area contributed by atoms with E-state index in [0.29, 0.717) is 13.1 Å². The van der Waals surface area contributed by atoms with E-state index < -0.39 is 17.5 Å². The van der Waals surface area contributed by atoms with Crippen molar-refractivity contribution < 1.29 is 13.9 Å². The number of rotatable bonds is 3. The molecule has 3 nitrogen and oxygen atoms in total. The second-order valence-corrected chi connectivity index (χ2v) is 5.45. The molecule has 0 aliphatic carbocycles. The number of hydrogen-bond acceptors (Lipinski definition) is 2. The van der Waals surface area contributed by atoms with Gasteiger partial charge in [0.2, 0.25) is 0 Å². The zero-order chi connectivity index (χ0) is 15.3. The van der Waals surface area contributed by atoms with Crippen molar-refractivity contribution >= 4 is 6.09 Å². The number of carbonyl (C=O) groups excluding carboxylic acids is 1. The number of benzene rings is 1. The van der Waals surface area contributed by atoms with Gasteiger partial charge in [-0.3, -0.25) is 0 Å². The molecular weight excluding hydrogens is 257 g/mol. The van der Waals surface area contributed by atoms with Crippen LogP contribution in [-0.2, 0) is 11.3 Å². The van der Waals surface area contributed by atoms with Crippen LogP contribution in [0.1, 0.15) is 38.8 Å². The molecule has 0 heterocycles. The number of carbonyl (C=O) groups is 1. The number of halogens is 1. The Morgan fingerprint density at radius 1 is 1.45 bits per heavy atom. The molecule has 1 rings (SSSR count). The third kappa shape index (κ3) is 4.58. The van der Waals surface area contributed by atoms with Gasteiger partial charge in [0.05, 0.1) is 5.56 Å². The summed E-state index contributed by atoms with van der Waals surface area (Å²) in [6.45, 7) is 8.13. The molecule has 1 aromatic rings. The molecule has 4 heteroatoms. The molecule has 0 radical (unpaired) electrons. The van der Waals surface area contributed by atoms with Gasteiger partial charge in [-0.15, -0.1) is 6.42 Å². The number of ether oxygens (including phenoxy) is 1. The molecule has 1 amide bonds. The van der Waals surface area contributed by atoms with E-state index >= 15 is 0 Å². The van der Waals surface area contributed by atoms with Gasteiger partial charge in [0, 0.05) is 13.1 Å². The van der Waals surface area contributed by atoms with E-state index in [4.69, 9.17) is 11.2 Å². The Balaban J connectivity index is 2.84. The summed E-state index contributed by atoms with van der Waals surface area (Å²) in [6, 6.07) is 4.50. The normalized spacial score (nSPS) is 10.8. The fraction of sp³-hybridized carbons (Fsp3) is 0.438. The van der Waals surface area contributed by atoms with Crippen LogP contribution in [0.5, 0.6) is 0 Å². The lowest BCUT2D eigenvalue weighted by Crippen LogP contribution is -2.36. The standard InChI is InChI=1S/C16H20FNO2/c1-6-13-10-12(8-9-14(13)17)11-18(7-2)15(19)20-16(3,4)5/h1,8-10H,7,11H2,2-5H3. The second kappa shape index (κ2) is 6.42. The Bertz CT molecular complexity index is 526.